The van der Waals surface area contributed by atoms with Crippen LogP contribution >= 0.6 is 0 Å². The first-order valence-corrected chi connectivity index (χ1v) is 8.90. The molecule has 0 amide bonds. The van der Waals surface area contributed by atoms with E-state index in [2.05, 4.69) is 15.1 Å². The fourth-order valence-corrected chi connectivity index (χ4v) is 3.79. The zero-order valence-electron chi connectivity index (χ0n) is 13.6. The number of aryl methyl sites for hydroxylation is 2. The SMILES string of the molecule is CCn1cc(S(=O)(=O)N(C)Cc2nc3ccc(F)cc3[nH]2)c(C)n1. The topological polar surface area (TPSA) is 83.9 Å². The molecule has 2 aromatic heterocycles. The summed E-state index contributed by atoms with van der Waals surface area (Å²) in [5.41, 5.74) is 1.58. The van der Waals surface area contributed by atoms with E-state index in [1.165, 1.54) is 29.7 Å². The van der Waals surface area contributed by atoms with Crippen LogP contribution < -0.4 is 0 Å². The Morgan fingerprint density at radius 1 is 1.38 bits per heavy atom. The summed E-state index contributed by atoms with van der Waals surface area (Å²) in [4.78, 5) is 7.41. The van der Waals surface area contributed by atoms with Gasteiger partial charge in [0.15, 0.2) is 0 Å². The van der Waals surface area contributed by atoms with Crippen LogP contribution in [0.2, 0.25) is 0 Å². The summed E-state index contributed by atoms with van der Waals surface area (Å²) in [6, 6.07) is 4.19. The predicted octanol–water partition coefficient (Wildman–Crippen LogP) is 2.05. The van der Waals surface area contributed by atoms with Gasteiger partial charge in [-0.25, -0.2) is 17.8 Å². The van der Waals surface area contributed by atoms with E-state index in [9.17, 15) is 12.8 Å². The molecule has 0 fully saturated rings. The molecule has 1 aromatic carbocycles. The smallest absolute Gasteiger partial charge is 0.246 e. The Bertz CT molecular complexity index is 993. The summed E-state index contributed by atoms with van der Waals surface area (Å²) in [5.74, 6) is 0.0727. The van der Waals surface area contributed by atoms with Gasteiger partial charge in [-0.15, -0.1) is 0 Å². The molecular formula is C15H18FN5O2S. The molecule has 0 spiro atoms. The standard InChI is InChI=1S/C15H18FN5O2S/c1-4-21-8-14(10(2)19-21)24(22,23)20(3)9-15-17-12-6-5-11(16)7-13(12)18-15/h5-8H,4,9H2,1-3H3,(H,17,18). The average Bonchev–Trinajstić information content (AvgIpc) is 3.09. The van der Waals surface area contributed by atoms with Crippen molar-refractivity contribution in [3.63, 3.8) is 0 Å². The van der Waals surface area contributed by atoms with Crippen LogP contribution in [0.15, 0.2) is 29.3 Å². The second-order valence-corrected chi connectivity index (χ2v) is 7.55. The highest BCUT2D eigenvalue weighted by atomic mass is 32.2. The third-order valence-corrected chi connectivity index (χ3v) is 5.69. The van der Waals surface area contributed by atoms with Crippen LogP contribution in [0.1, 0.15) is 18.4 Å². The summed E-state index contributed by atoms with van der Waals surface area (Å²) < 4.78 is 41.5. The first-order valence-electron chi connectivity index (χ1n) is 7.46. The van der Waals surface area contributed by atoms with Crippen molar-refractivity contribution in [2.45, 2.75) is 31.8 Å². The third-order valence-electron chi connectivity index (χ3n) is 3.78. The van der Waals surface area contributed by atoms with Crippen LogP contribution in [0.25, 0.3) is 11.0 Å². The Balaban J connectivity index is 1.89. The van der Waals surface area contributed by atoms with Crippen molar-refractivity contribution >= 4 is 21.1 Å². The third kappa shape index (κ3) is 2.92. The Morgan fingerprint density at radius 2 is 2.12 bits per heavy atom. The van der Waals surface area contributed by atoms with Crippen LogP contribution in [0, 0.1) is 12.7 Å². The number of nitrogens with zero attached hydrogens (tertiary/aromatic N) is 4. The van der Waals surface area contributed by atoms with Gasteiger partial charge in [-0.2, -0.15) is 9.40 Å². The monoisotopic (exact) mass is 351 g/mol. The molecule has 7 nitrogen and oxygen atoms in total. The zero-order chi connectivity index (χ0) is 17.5. The van der Waals surface area contributed by atoms with Crippen molar-refractivity contribution in [2.24, 2.45) is 0 Å². The highest BCUT2D eigenvalue weighted by Crippen LogP contribution is 2.20. The molecule has 1 N–H and O–H groups in total. The molecule has 128 valence electrons. The summed E-state index contributed by atoms with van der Waals surface area (Å²) in [6.45, 7) is 4.20. The maximum absolute atomic E-state index is 13.2. The van der Waals surface area contributed by atoms with E-state index < -0.39 is 10.0 Å². The van der Waals surface area contributed by atoms with Crippen molar-refractivity contribution in [2.75, 3.05) is 7.05 Å². The highest BCUT2D eigenvalue weighted by molar-refractivity contribution is 7.89. The fraction of sp³-hybridized carbons (Fsp3) is 0.333. The summed E-state index contributed by atoms with van der Waals surface area (Å²) >= 11 is 0. The maximum Gasteiger partial charge on any atom is 0.246 e. The number of H-pyrrole nitrogens is 1. The number of rotatable bonds is 5. The normalized spacial score (nSPS) is 12.4. The lowest BCUT2D eigenvalue weighted by atomic mass is 10.3. The average molecular weight is 351 g/mol. The summed E-state index contributed by atoms with van der Waals surface area (Å²) in [7, 11) is -2.21. The van der Waals surface area contributed by atoms with Crippen LogP contribution in [-0.2, 0) is 23.1 Å². The predicted molar refractivity (Wildman–Crippen MR) is 87.3 cm³/mol. The van der Waals surface area contributed by atoms with Crippen molar-refractivity contribution in [1.82, 2.24) is 24.1 Å². The summed E-state index contributed by atoms with van der Waals surface area (Å²) in [5, 5.41) is 4.18. The zero-order valence-corrected chi connectivity index (χ0v) is 14.4. The number of fused-ring (bicyclic) bond motifs is 1. The first kappa shape index (κ1) is 16.6. The number of benzene rings is 1. The number of halogens is 1. The number of nitrogens with one attached hydrogen (secondary N) is 1. The van der Waals surface area contributed by atoms with Gasteiger partial charge < -0.3 is 4.98 Å². The van der Waals surface area contributed by atoms with Gasteiger partial charge in [0.05, 0.1) is 23.3 Å². The van der Waals surface area contributed by atoms with Crippen molar-refractivity contribution in [3.8, 4) is 0 Å². The Labute approximate surface area is 139 Å². The maximum atomic E-state index is 13.2. The molecule has 0 saturated carbocycles. The number of hydrogen-bond donors (Lipinski definition) is 1. The van der Waals surface area contributed by atoms with Gasteiger partial charge in [-0.3, -0.25) is 4.68 Å². The Kier molecular flexibility index (Phi) is 4.14. The van der Waals surface area contributed by atoms with Crippen LogP contribution in [-0.4, -0.2) is 39.5 Å². The minimum atomic E-state index is -3.69. The lowest BCUT2D eigenvalue weighted by molar-refractivity contribution is 0.458. The molecule has 0 aliphatic heterocycles. The van der Waals surface area contributed by atoms with E-state index >= 15 is 0 Å². The van der Waals surface area contributed by atoms with Crippen molar-refractivity contribution < 1.29 is 12.8 Å². The molecule has 0 aliphatic rings. The van der Waals surface area contributed by atoms with Crippen LogP contribution in [0.5, 0.6) is 0 Å². The van der Waals surface area contributed by atoms with Crippen molar-refractivity contribution in [1.29, 1.82) is 0 Å². The molecule has 0 atom stereocenters. The highest BCUT2D eigenvalue weighted by Gasteiger charge is 2.26. The van der Waals surface area contributed by atoms with E-state index in [1.807, 2.05) is 6.92 Å². The molecule has 0 saturated heterocycles. The number of aromatic amines is 1. The van der Waals surface area contributed by atoms with Gasteiger partial charge in [0.2, 0.25) is 10.0 Å². The van der Waals surface area contributed by atoms with Gasteiger partial charge in [0, 0.05) is 19.8 Å². The van der Waals surface area contributed by atoms with Crippen LogP contribution in [0.4, 0.5) is 4.39 Å². The van der Waals surface area contributed by atoms with Crippen molar-refractivity contribution in [3.05, 3.63) is 41.7 Å². The lowest BCUT2D eigenvalue weighted by Gasteiger charge is -2.15. The number of aromatic nitrogens is 4. The van der Waals surface area contributed by atoms with Gasteiger partial charge in [-0.05, 0) is 32.0 Å². The molecule has 0 unspecified atom stereocenters. The number of imidazole rings is 1. The summed E-state index contributed by atoms with van der Waals surface area (Å²) in [6.07, 6.45) is 1.52. The van der Waals surface area contributed by atoms with Gasteiger partial charge in [0.1, 0.15) is 16.5 Å². The van der Waals surface area contributed by atoms with E-state index in [-0.39, 0.29) is 17.3 Å². The Hall–Kier alpha value is -2.26. The minimum absolute atomic E-state index is 0.0510. The minimum Gasteiger partial charge on any atom is -0.341 e. The number of hydrogen-bond acceptors (Lipinski definition) is 4. The fourth-order valence-electron chi connectivity index (χ4n) is 2.49. The first-order chi connectivity index (χ1) is 11.3. The van der Waals surface area contributed by atoms with Gasteiger partial charge in [-0.1, -0.05) is 0 Å². The number of sulfonamides is 1. The second kappa shape index (κ2) is 5.99. The molecule has 3 aromatic rings. The van der Waals surface area contributed by atoms with E-state index in [4.69, 9.17) is 0 Å². The molecule has 24 heavy (non-hydrogen) atoms. The van der Waals surface area contributed by atoms with E-state index in [0.29, 0.717) is 29.1 Å². The molecular weight excluding hydrogens is 333 g/mol. The second-order valence-electron chi connectivity index (χ2n) is 5.54. The largest absolute Gasteiger partial charge is 0.341 e. The molecule has 2 heterocycles. The van der Waals surface area contributed by atoms with E-state index in [1.54, 1.807) is 17.7 Å². The van der Waals surface area contributed by atoms with Gasteiger partial charge in [0.25, 0.3) is 0 Å². The molecule has 9 heteroatoms. The van der Waals surface area contributed by atoms with E-state index in [0.717, 1.165) is 0 Å². The lowest BCUT2D eigenvalue weighted by Crippen LogP contribution is -2.27. The Morgan fingerprint density at radius 3 is 2.79 bits per heavy atom. The quantitative estimate of drug-likeness (QED) is 0.762. The van der Waals surface area contributed by atoms with Gasteiger partial charge >= 0.3 is 0 Å². The molecule has 0 bridgehead atoms. The molecule has 0 aliphatic carbocycles. The molecule has 0 radical (unpaired) electrons. The van der Waals surface area contributed by atoms with Crippen LogP contribution in [0.3, 0.4) is 0 Å². The molecule has 3 rings (SSSR count).